The third kappa shape index (κ3) is 3.64. The Balaban J connectivity index is 1.39. The Morgan fingerprint density at radius 3 is 2.40 bits per heavy atom. The van der Waals surface area contributed by atoms with Crippen LogP contribution in [-0.2, 0) is 4.79 Å². The van der Waals surface area contributed by atoms with Crippen LogP contribution in [0.15, 0.2) is 36.4 Å². The summed E-state index contributed by atoms with van der Waals surface area (Å²) in [5, 5.41) is 14.7. The Morgan fingerprint density at radius 1 is 1.08 bits per heavy atom. The summed E-state index contributed by atoms with van der Waals surface area (Å²) in [6.07, 6.45) is 2.46. The predicted octanol–water partition coefficient (Wildman–Crippen LogP) is 2.48. The van der Waals surface area contributed by atoms with Gasteiger partial charge in [-0.2, -0.15) is 0 Å². The third-order valence-electron chi connectivity index (χ3n) is 5.04. The maximum Gasteiger partial charge on any atom is 0.233 e. The van der Waals surface area contributed by atoms with E-state index in [-0.39, 0.29) is 12.0 Å². The van der Waals surface area contributed by atoms with Gasteiger partial charge in [-0.05, 0) is 56.0 Å². The fourth-order valence-corrected chi connectivity index (χ4v) is 3.84. The van der Waals surface area contributed by atoms with Crippen molar-refractivity contribution in [1.82, 2.24) is 15.5 Å². The Kier molecular flexibility index (Phi) is 4.36. The van der Waals surface area contributed by atoms with Crippen LogP contribution < -0.4 is 15.4 Å². The van der Waals surface area contributed by atoms with Crippen molar-refractivity contribution in [3.8, 4) is 17.1 Å². The van der Waals surface area contributed by atoms with Gasteiger partial charge in [-0.1, -0.05) is 12.1 Å². The third-order valence-corrected chi connectivity index (χ3v) is 5.04. The number of aromatic nitrogens is 2. The van der Waals surface area contributed by atoms with Crippen LogP contribution in [0.1, 0.15) is 19.8 Å². The summed E-state index contributed by atoms with van der Waals surface area (Å²) in [5.74, 6) is 2.01. The Morgan fingerprint density at radius 2 is 1.80 bits per heavy atom. The van der Waals surface area contributed by atoms with Gasteiger partial charge in [0.25, 0.3) is 0 Å². The SMILES string of the molecule is CC(=O)Nc1ccc(-c2ccc(OC3CC4CNC[C@H]4C3)nn2)cc1. The second kappa shape index (κ2) is 6.80. The lowest BCUT2D eigenvalue weighted by molar-refractivity contribution is -0.114. The highest BCUT2D eigenvalue weighted by Crippen LogP contribution is 2.36. The number of anilines is 1. The lowest BCUT2D eigenvalue weighted by Gasteiger charge is -2.13. The first-order valence-corrected chi connectivity index (χ1v) is 8.76. The minimum Gasteiger partial charge on any atom is -0.473 e. The van der Waals surface area contributed by atoms with E-state index in [2.05, 4.69) is 20.8 Å². The van der Waals surface area contributed by atoms with E-state index >= 15 is 0 Å². The fourth-order valence-electron chi connectivity index (χ4n) is 3.84. The van der Waals surface area contributed by atoms with E-state index in [4.69, 9.17) is 4.74 Å². The number of hydrogen-bond donors (Lipinski definition) is 2. The molecule has 1 amide bonds. The normalized spacial score (nSPS) is 24.8. The summed E-state index contributed by atoms with van der Waals surface area (Å²) in [6.45, 7) is 3.72. The maximum absolute atomic E-state index is 11.1. The van der Waals surface area contributed by atoms with Crippen molar-refractivity contribution >= 4 is 11.6 Å². The molecular weight excluding hydrogens is 316 g/mol. The molecule has 2 aliphatic rings. The molecule has 1 aliphatic carbocycles. The zero-order valence-electron chi connectivity index (χ0n) is 14.2. The maximum atomic E-state index is 11.1. The molecule has 1 saturated carbocycles. The van der Waals surface area contributed by atoms with Crippen LogP contribution in [0.25, 0.3) is 11.3 Å². The molecule has 4 rings (SSSR count). The highest BCUT2D eigenvalue weighted by molar-refractivity contribution is 5.88. The number of fused-ring (bicyclic) bond motifs is 1. The van der Waals surface area contributed by atoms with Crippen molar-refractivity contribution in [2.24, 2.45) is 11.8 Å². The second-order valence-electron chi connectivity index (χ2n) is 6.91. The van der Waals surface area contributed by atoms with Crippen molar-refractivity contribution in [2.45, 2.75) is 25.9 Å². The Bertz CT molecular complexity index is 733. The van der Waals surface area contributed by atoms with E-state index in [1.807, 2.05) is 36.4 Å². The minimum atomic E-state index is -0.0825. The summed E-state index contributed by atoms with van der Waals surface area (Å²) < 4.78 is 6.02. The van der Waals surface area contributed by atoms with Crippen LogP contribution in [0.2, 0.25) is 0 Å². The first-order chi connectivity index (χ1) is 12.2. The molecule has 2 fully saturated rings. The van der Waals surface area contributed by atoms with Gasteiger partial charge < -0.3 is 15.4 Å². The molecule has 2 unspecified atom stereocenters. The predicted molar refractivity (Wildman–Crippen MR) is 95.3 cm³/mol. The topological polar surface area (TPSA) is 76.1 Å². The molecule has 0 radical (unpaired) electrons. The first-order valence-electron chi connectivity index (χ1n) is 8.76. The molecular formula is C19H22N4O2. The van der Waals surface area contributed by atoms with Gasteiger partial charge in [0.15, 0.2) is 0 Å². The standard InChI is InChI=1S/C19H22N4O2/c1-12(24)21-16-4-2-13(3-5-16)18-6-7-19(23-22-18)25-17-8-14-10-20-11-15(14)9-17/h2-7,14-15,17,20H,8-11H2,1H3,(H,21,24)/t14-,15?,17?/m1/s1. The average molecular weight is 338 g/mol. The molecule has 25 heavy (non-hydrogen) atoms. The molecule has 6 heteroatoms. The lowest BCUT2D eigenvalue weighted by atomic mass is 10.0. The van der Waals surface area contributed by atoms with Gasteiger partial charge in [0.2, 0.25) is 11.8 Å². The summed E-state index contributed by atoms with van der Waals surface area (Å²) in [4.78, 5) is 11.1. The molecule has 3 atom stereocenters. The van der Waals surface area contributed by atoms with Crippen molar-refractivity contribution in [3.05, 3.63) is 36.4 Å². The van der Waals surface area contributed by atoms with Crippen molar-refractivity contribution in [3.63, 3.8) is 0 Å². The van der Waals surface area contributed by atoms with E-state index < -0.39 is 0 Å². The van der Waals surface area contributed by atoms with E-state index in [0.29, 0.717) is 5.88 Å². The minimum absolute atomic E-state index is 0.0825. The van der Waals surface area contributed by atoms with Gasteiger partial charge in [-0.15, -0.1) is 10.2 Å². The summed E-state index contributed by atoms with van der Waals surface area (Å²) in [7, 11) is 0. The van der Waals surface area contributed by atoms with Gasteiger partial charge in [0, 0.05) is 24.2 Å². The Labute approximate surface area is 147 Å². The van der Waals surface area contributed by atoms with Gasteiger partial charge in [-0.25, -0.2) is 0 Å². The van der Waals surface area contributed by atoms with E-state index in [0.717, 1.165) is 54.7 Å². The zero-order valence-corrected chi connectivity index (χ0v) is 14.2. The largest absolute Gasteiger partial charge is 0.473 e. The lowest BCUT2D eigenvalue weighted by Crippen LogP contribution is -2.19. The molecule has 2 heterocycles. The second-order valence-corrected chi connectivity index (χ2v) is 6.91. The van der Waals surface area contributed by atoms with Crippen LogP contribution in [0.3, 0.4) is 0 Å². The molecule has 130 valence electrons. The van der Waals surface area contributed by atoms with Crippen LogP contribution in [0, 0.1) is 11.8 Å². The van der Waals surface area contributed by atoms with Gasteiger partial charge in [0.05, 0.1) is 5.69 Å². The van der Waals surface area contributed by atoms with E-state index in [1.54, 1.807) is 0 Å². The molecule has 0 bridgehead atoms. The van der Waals surface area contributed by atoms with Crippen molar-refractivity contribution in [2.75, 3.05) is 18.4 Å². The number of carbonyl (C=O) groups is 1. The number of amides is 1. The molecule has 6 nitrogen and oxygen atoms in total. The Hall–Kier alpha value is -2.47. The number of ether oxygens (including phenoxy) is 1. The number of hydrogen-bond acceptors (Lipinski definition) is 5. The summed E-state index contributed by atoms with van der Waals surface area (Å²) in [5.41, 5.74) is 2.51. The first kappa shape index (κ1) is 16.0. The smallest absolute Gasteiger partial charge is 0.233 e. The summed E-state index contributed by atoms with van der Waals surface area (Å²) >= 11 is 0. The van der Waals surface area contributed by atoms with E-state index in [9.17, 15) is 4.79 Å². The van der Waals surface area contributed by atoms with Crippen LogP contribution in [0.4, 0.5) is 5.69 Å². The highest BCUT2D eigenvalue weighted by Gasteiger charge is 2.38. The van der Waals surface area contributed by atoms with Gasteiger partial charge in [0.1, 0.15) is 6.10 Å². The fraction of sp³-hybridized carbons (Fsp3) is 0.421. The molecule has 1 saturated heterocycles. The van der Waals surface area contributed by atoms with Crippen LogP contribution in [0.5, 0.6) is 5.88 Å². The number of rotatable bonds is 4. The van der Waals surface area contributed by atoms with Gasteiger partial charge in [-0.3, -0.25) is 4.79 Å². The average Bonchev–Trinajstić information content (AvgIpc) is 3.17. The van der Waals surface area contributed by atoms with Crippen LogP contribution in [-0.4, -0.2) is 35.3 Å². The zero-order chi connectivity index (χ0) is 17.2. The highest BCUT2D eigenvalue weighted by atomic mass is 16.5. The molecule has 2 N–H and O–H groups in total. The molecule has 1 aromatic carbocycles. The molecule has 1 aliphatic heterocycles. The van der Waals surface area contributed by atoms with Crippen molar-refractivity contribution < 1.29 is 9.53 Å². The number of nitrogens with one attached hydrogen (secondary N) is 2. The number of nitrogens with zero attached hydrogens (tertiary/aromatic N) is 2. The number of benzene rings is 1. The quantitative estimate of drug-likeness (QED) is 0.896. The van der Waals surface area contributed by atoms with Crippen molar-refractivity contribution in [1.29, 1.82) is 0 Å². The molecule has 0 spiro atoms. The molecule has 1 aromatic heterocycles. The number of carbonyl (C=O) groups excluding carboxylic acids is 1. The molecule has 2 aromatic rings. The van der Waals surface area contributed by atoms with Crippen LogP contribution >= 0.6 is 0 Å². The van der Waals surface area contributed by atoms with E-state index in [1.165, 1.54) is 6.92 Å². The monoisotopic (exact) mass is 338 g/mol. The summed E-state index contributed by atoms with van der Waals surface area (Å²) in [6, 6.07) is 11.4. The van der Waals surface area contributed by atoms with Gasteiger partial charge >= 0.3 is 0 Å².